The number of nitrogens with one attached hydrogen (secondary N) is 1. The van der Waals surface area contributed by atoms with E-state index in [4.69, 9.17) is 10.8 Å². The van der Waals surface area contributed by atoms with Crippen molar-refractivity contribution in [1.29, 1.82) is 0 Å². The minimum Gasteiger partial charge on any atom is -0.508 e. The number of nitrogens with two attached hydrogens (primary N) is 1. The summed E-state index contributed by atoms with van der Waals surface area (Å²) < 4.78 is 13.2. The van der Waals surface area contributed by atoms with Gasteiger partial charge in [0.05, 0.1) is 11.4 Å². The van der Waals surface area contributed by atoms with Crippen molar-refractivity contribution >= 4 is 11.4 Å². The van der Waals surface area contributed by atoms with Crippen molar-refractivity contribution < 1.29 is 9.50 Å². The largest absolute Gasteiger partial charge is 0.508 e. The number of nitrogen functional groups attached to an aromatic ring is 1. The summed E-state index contributed by atoms with van der Waals surface area (Å²) in [6.07, 6.45) is 0.774. The zero-order chi connectivity index (χ0) is 13.0. The number of benzene rings is 2. The van der Waals surface area contributed by atoms with Gasteiger partial charge in [-0.05, 0) is 36.2 Å². The molecule has 2 aromatic rings. The molecule has 0 unspecified atom stereocenters. The minimum atomic E-state index is -0.412. The van der Waals surface area contributed by atoms with Crippen LogP contribution in [0.3, 0.4) is 0 Å². The van der Waals surface area contributed by atoms with Crippen LogP contribution in [-0.2, 0) is 6.42 Å². The molecular formula is C14H15FN2O. The second-order valence-corrected chi connectivity index (χ2v) is 4.04. The Morgan fingerprint density at radius 1 is 1.11 bits per heavy atom. The topological polar surface area (TPSA) is 58.3 Å². The van der Waals surface area contributed by atoms with Crippen molar-refractivity contribution in [2.45, 2.75) is 6.42 Å². The van der Waals surface area contributed by atoms with Crippen LogP contribution in [0.25, 0.3) is 0 Å². The lowest BCUT2D eigenvalue weighted by molar-refractivity contribution is 0.475. The Kier molecular flexibility index (Phi) is 3.67. The van der Waals surface area contributed by atoms with Crippen LogP contribution >= 0.6 is 0 Å². The summed E-state index contributed by atoms with van der Waals surface area (Å²) in [5.74, 6) is -0.161. The third-order valence-corrected chi connectivity index (χ3v) is 2.72. The van der Waals surface area contributed by atoms with Crippen molar-refractivity contribution in [3.05, 3.63) is 53.8 Å². The Hall–Kier alpha value is -2.23. The Balaban J connectivity index is 1.92. The molecule has 2 aromatic carbocycles. The van der Waals surface area contributed by atoms with Crippen LogP contribution in [0.15, 0.2) is 42.5 Å². The Morgan fingerprint density at radius 2 is 1.83 bits per heavy atom. The summed E-state index contributed by atoms with van der Waals surface area (Å²) >= 11 is 0. The summed E-state index contributed by atoms with van der Waals surface area (Å²) in [5, 5.41) is 12.2. The van der Waals surface area contributed by atoms with Crippen molar-refractivity contribution in [3.8, 4) is 5.75 Å². The maximum absolute atomic E-state index is 13.2. The van der Waals surface area contributed by atoms with Gasteiger partial charge in [-0.3, -0.25) is 0 Å². The third kappa shape index (κ3) is 2.91. The number of phenolic OH excluding ortho intramolecular Hbond substituents is 1. The van der Waals surface area contributed by atoms with Gasteiger partial charge in [0.15, 0.2) is 0 Å². The Labute approximate surface area is 105 Å². The first-order valence-corrected chi connectivity index (χ1v) is 5.72. The molecule has 0 fully saturated rings. The number of anilines is 2. The van der Waals surface area contributed by atoms with Gasteiger partial charge in [0.2, 0.25) is 0 Å². The van der Waals surface area contributed by atoms with Crippen molar-refractivity contribution in [1.82, 2.24) is 0 Å². The molecule has 0 spiro atoms. The van der Waals surface area contributed by atoms with Crippen LogP contribution in [0.5, 0.6) is 5.75 Å². The van der Waals surface area contributed by atoms with E-state index in [-0.39, 0.29) is 11.4 Å². The minimum absolute atomic E-state index is 0.142. The molecule has 0 aliphatic heterocycles. The maximum Gasteiger partial charge on any atom is 0.148 e. The number of phenols is 1. The molecule has 3 nitrogen and oxygen atoms in total. The van der Waals surface area contributed by atoms with E-state index in [1.54, 1.807) is 24.3 Å². The molecule has 0 saturated heterocycles. The molecule has 0 aliphatic carbocycles. The average Bonchev–Trinajstić information content (AvgIpc) is 2.37. The van der Waals surface area contributed by atoms with Gasteiger partial charge in [-0.25, -0.2) is 4.39 Å². The van der Waals surface area contributed by atoms with Gasteiger partial charge in [0.25, 0.3) is 0 Å². The van der Waals surface area contributed by atoms with Gasteiger partial charge >= 0.3 is 0 Å². The Morgan fingerprint density at radius 3 is 2.56 bits per heavy atom. The lowest BCUT2D eigenvalue weighted by atomic mass is 10.1. The summed E-state index contributed by atoms with van der Waals surface area (Å²) in [4.78, 5) is 0. The molecule has 0 bridgehead atoms. The molecule has 2 rings (SSSR count). The number of para-hydroxylation sites is 1. The van der Waals surface area contributed by atoms with Crippen LogP contribution in [0.1, 0.15) is 5.56 Å². The predicted octanol–water partition coefficient (Wildman–Crippen LogP) is 2.77. The van der Waals surface area contributed by atoms with E-state index >= 15 is 0 Å². The summed E-state index contributed by atoms with van der Waals surface area (Å²) in [6.45, 7) is 0.651. The van der Waals surface area contributed by atoms with E-state index in [1.807, 2.05) is 12.1 Å². The van der Waals surface area contributed by atoms with E-state index in [0.717, 1.165) is 12.0 Å². The van der Waals surface area contributed by atoms with Gasteiger partial charge in [0, 0.05) is 6.54 Å². The monoisotopic (exact) mass is 246 g/mol. The zero-order valence-electron chi connectivity index (χ0n) is 9.86. The molecule has 0 aromatic heterocycles. The number of hydrogen-bond acceptors (Lipinski definition) is 3. The summed E-state index contributed by atoms with van der Waals surface area (Å²) in [5.41, 5.74) is 7.45. The summed E-state index contributed by atoms with van der Waals surface area (Å²) in [6, 6.07) is 11.7. The van der Waals surface area contributed by atoms with Crippen LogP contribution in [0.2, 0.25) is 0 Å². The molecular weight excluding hydrogens is 231 g/mol. The smallest absolute Gasteiger partial charge is 0.148 e. The highest BCUT2D eigenvalue weighted by Crippen LogP contribution is 2.21. The average molecular weight is 246 g/mol. The van der Waals surface area contributed by atoms with E-state index in [9.17, 15) is 4.39 Å². The molecule has 0 radical (unpaired) electrons. The lowest BCUT2D eigenvalue weighted by Crippen LogP contribution is -2.07. The fraction of sp³-hybridized carbons (Fsp3) is 0.143. The second kappa shape index (κ2) is 5.40. The van der Waals surface area contributed by atoms with Gasteiger partial charge in [-0.1, -0.05) is 18.2 Å². The van der Waals surface area contributed by atoms with Crippen molar-refractivity contribution in [2.75, 3.05) is 17.6 Å². The molecule has 94 valence electrons. The van der Waals surface area contributed by atoms with E-state index in [0.29, 0.717) is 12.2 Å². The first-order chi connectivity index (χ1) is 8.66. The van der Waals surface area contributed by atoms with Gasteiger partial charge in [-0.15, -0.1) is 0 Å². The number of halogens is 1. The van der Waals surface area contributed by atoms with Crippen LogP contribution in [0.4, 0.5) is 15.8 Å². The first-order valence-electron chi connectivity index (χ1n) is 5.72. The maximum atomic E-state index is 13.2. The van der Waals surface area contributed by atoms with Gasteiger partial charge in [0.1, 0.15) is 11.6 Å². The standard InChI is InChI=1S/C14H15FN2O/c15-12-2-1-3-13(14(12)16)17-9-8-10-4-6-11(18)7-5-10/h1-7,17-18H,8-9,16H2. The van der Waals surface area contributed by atoms with E-state index in [1.165, 1.54) is 6.07 Å². The highest BCUT2D eigenvalue weighted by atomic mass is 19.1. The fourth-order valence-corrected chi connectivity index (χ4v) is 1.70. The second-order valence-electron chi connectivity index (χ2n) is 4.04. The molecule has 18 heavy (non-hydrogen) atoms. The third-order valence-electron chi connectivity index (χ3n) is 2.72. The summed E-state index contributed by atoms with van der Waals surface area (Å²) in [7, 11) is 0. The fourth-order valence-electron chi connectivity index (χ4n) is 1.70. The molecule has 0 amide bonds. The van der Waals surface area contributed by atoms with Gasteiger partial charge < -0.3 is 16.2 Å². The van der Waals surface area contributed by atoms with E-state index < -0.39 is 5.82 Å². The molecule has 0 saturated carbocycles. The first kappa shape index (κ1) is 12.2. The molecule has 0 atom stereocenters. The molecule has 0 aliphatic rings. The van der Waals surface area contributed by atoms with E-state index in [2.05, 4.69) is 5.32 Å². The number of aromatic hydroxyl groups is 1. The molecule has 0 heterocycles. The zero-order valence-corrected chi connectivity index (χ0v) is 9.86. The Bertz CT molecular complexity index is 526. The predicted molar refractivity (Wildman–Crippen MR) is 71.1 cm³/mol. The number of hydrogen-bond donors (Lipinski definition) is 3. The SMILES string of the molecule is Nc1c(F)cccc1NCCc1ccc(O)cc1. The van der Waals surface area contributed by atoms with Crippen LogP contribution in [0, 0.1) is 5.82 Å². The number of rotatable bonds is 4. The van der Waals surface area contributed by atoms with Crippen molar-refractivity contribution in [2.24, 2.45) is 0 Å². The van der Waals surface area contributed by atoms with Gasteiger partial charge in [-0.2, -0.15) is 0 Å². The highest BCUT2D eigenvalue weighted by molar-refractivity contribution is 5.66. The van der Waals surface area contributed by atoms with Crippen LogP contribution in [-0.4, -0.2) is 11.7 Å². The molecule has 4 heteroatoms. The normalized spacial score (nSPS) is 10.3. The van der Waals surface area contributed by atoms with Crippen LogP contribution < -0.4 is 11.1 Å². The lowest BCUT2D eigenvalue weighted by Gasteiger charge is -2.09. The highest BCUT2D eigenvalue weighted by Gasteiger charge is 2.03. The van der Waals surface area contributed by atoms with Crippen molar-refractivity contribution in [3.63, 3.8) is 0 Å². The molecule has 4 N–H and O–H groups in total. The quantitative estimate of drug-likeness (QED) is 0.727.